The van der Waals surface area contributed by atoms with Gasteiger partial charge in [0, 0.05) is 37.7 Å². The summed E-state index contributed by atoms with van der Waals surface area (Å²) < 4.78 is 1.92. The number of aromatic amines is 1. The van der Waals surface area contributed by atoms with Crippen LogP contribution in [0.4, 0.5) is 0 Å². The average Bonchev–Trinajstić information content (AvgIpc) is 3.26. The number of aromatic nitrogens is 5. The predicted octanol–water partition coefficient (Wildman–Crippen LogP) is 1.26. The topological polar surface area (TPSA) is 91.7 Å². The number of H-pyrrole nitrogens is 1. The van der Waals surface area contributed by atoms with Crippen LogP contribution >= 0.6 is 0 Å². The normalized spacial score (nSPS) is 14.2. The van der Waals surface area contributed by atoms with Crippen LogP contribution in [0.5, 0.6) is 0 Å². The molecule has 0 atom stereocenters. The van der Waals surface area contributed by atoms with E-state index >= 15 is 0 Å². The molecule has 1 aliphatic rings. The van der Waals surface area contributed by atoms with Crippen LogP contribution in [-0.4, -0.2) is 42.1 Å². The number of aryl methyl sites for hydroxylation is 1. The standard InChI is InChI=1S/C18H21N7O/c1-13-20-10-15(22-13)11-24-6-7-25-16(12-24)8-17(23-25)18(26)21-9-14-4-2-3-5-19-14/h2-5,8,10H,6-7,9,11-12H2,1H3,(H,20,22)(H,21,26). The average molecular weight is 351 g/mol. The quantitative estimate of drug-likeness (QED) is 0.722. The highest BCUT2D eigenvalue weighted by molar-refractivity contribution is 5.92. The van der Waals surface area contributed by atoms with Crippen LogP contribution in [0.25, 0.3) is 0 Å². The number of carbonyl (C=O) groups is 1. The molecule has 0 bridgehead atoms. The molecule has 0 saturated carbocycles. The van der Waals surface area contributed by atoms with Crippen LogP contribution in [0, 0.1) is 6.92 Å². The van der Waals surface area contributed by atoms with Crippen LogP contribution in [-0.2, 0) is 26.2 Å². The summed E-state index contributed by atoms with van der Waals surface area (Å²) in [4.78, 5) is 26.4. The number of amides is 1. The molecule has 8 heteroatoms. The summed E-state index contributed by atoms with van der Waals surface area (Å²) in [5.74, 6) is 0.752. The molecule has 0 fully saturated rings. The van der Waals surface area contributed by atoms with Gasteiger partial charge in [0.15, 0.2) is 5.69 Å². The molecule has 2 N–H and O–H groups in total. The number of carbonyl (C=O) groups excluding carboxylic acids is 1. The number of hydrogen-bond acceptors (Lipinski definition) is 5. The highest BCUT2D eigenvalue weighted by atomic mass is 16.1. The molecule has 1 amide bonds. The molecule has 0 radical (unpaired) electrons. The van der Waals surface area contributed by atoms with Gasteiger partial charge in [0.2, 0.25) is 0 Å². The fourth-order valence-corrected chi connectivity index (χ4v) is 3.12. The Hall–Kier alpha value is -3.00. The van der Waals surface area contributed by atoms with E-state index < -0.39 is 0 Å². The van der Waals surface area contributed by atoms with Crippen molar-refractivity contribution in [3.63, 3.8) is 0 Å². The monoisotopic (exact) mass is 351 g/mol. The zero-order valence-electron chi connectivity index (χ0n) is 14.6. The lowest BCUT2D eigenvalue weighted by atomic mass is 10.2. The summed E-state index contributed by atoms with van der Waals surface area (Å²) in [6, 6.07) is 7.51. The molecule has 26 heavy (non-hydrogen) atoms. The number of nitrogens with one attached hydrogen (secondary N) is 2. The molecule has 4 heterocycles. The number of fused-ring (bicyclic) bond motifs is 1. The lowest BCUT2D eigenvalue weighted by Gasteiger charge is -2.26. The van der Waals surface area contributed by atoms with E-state index in [0.717, 1.165) is 49.1 Å². The van der Waals surface area contributed by atoms with Gasteiger partial charge >= 0.3 is 0 Å². The second kappa shape index (κ2) is 7.09. The smallest absolute Gasteiger partial charge is 0.272 e. The third-order valence-corrected chi connectivity index (χ3v) is 4.42. The van der Waals surface area contributed by atoms with Crippen LogP contribution in [0.3, 0.4) is 0 Å². The molecule has 1 aliphatic heterocycles. The molecule has 3 aromatic rings. The maximum absolute atomic E-state index is 12.4. The van der Waals surface area contributed by atoms with Gasteiger partial charge in [-0.25, -0.2) is 4.98 Å². The Morgan fingerprint density at radius 1 is 1.31 bits per heavy atom. The highest BCUT2D eigenvalue weighted by Gasteiger charge is 2.21. The van der Waals surface area contributed by atoms with Crippen LogP contribution in [0.1, 0.15) is 33.4 Å². The number of pyridine rings is 1. The fourth-order valence-electron chi connectivity index (χ4n) is 3.12. The molecule has 8 nitrogen and oxygen atoms in total. The van der Waals surface area contributed by atoms with Crippen LogP contribution < -0.4 is 5.32 Å². The van der Waals surface area contributed by atoms with Crippen LogP contribution in [0.15, 0.2) is 36.7 Å². The van der Waals surface area contributed by atoms with Crippen molar-refractivity contribution in [2.45, 2.75) is 33.1 Å². The molecule has 0 saturated heterocycles. The van der Waals surface area contributed by atoms with E-state index in [1.165, 1.54) is 0 Å². The lowest BCUT2D eigenvalue weighted by molar-refractivity contribution is 0.0944. The van der Waals surface area contributed by atoms with Crippen molar-refractivity contribution in [3.8, 4) is 0 Å². The van der Waals surface area contributed by atoms with E-state index in [1.807, 2.05) is 42.1 Å². The van der Waals surface area contributed by atoms with Gasteiger partial charge in [-0.05, 0) is 25.1 Å². The van der Waals surface area contributed by atoms with E-state index in [4.69, 9.17) is 0 Å². The van der Waals surface area contributed by atoms with Gasteiger partial charge in [0.05, 0.1) is 24.5 Å². The molecule has 0 aromatic carbocycles. The minimum Gasteiger partial charge on any atom is -0.345 e. The van der Waals surface area contributed by atoms with Gasteiger partial charge in [-0.15, -0.1) is 0 Å². The van der Waals surface area contributed by atoms with Crippen molar-refractivity contribution in [1.82, 2.24) is 34.9 Å². The highest BCUT2D eigenvalue weighted by Crippen LogP contribution is 2.16. The molecule has 0 aliphatic carbocycles. The van der Waals surface area contributed by atoms with Gasteiger partial charge in [-0.2, -0.15) is 5.10 Å². The SMILES string of the molecule is Cc1ncc(CN2CCn3nc(C(=O)NCc4ccccn4)cc3C2)[nH]1. The maximum Gasteiger partial charge on any atom is 0.272 e. The summed E-state index contributed by atoms with van der Waals surface area (Å²) in [7, 11) is 0. The van der Waals surface area contributed by atoms with E-state index in [0.29, 0.717) is 12.2 Å². The summed E-state index contributed by atoms with van der Waals surface area (Å²) in [5.41, 5.74) is 3.43. The predicted molar refractivity (Wildman–Crippen MR) is 95.1 cm³/mol. The lowest BCUT2D eigenvalue weighted by Crippen LogP contribution is -2.33. The van der Waals surface area contributed by atoms with Gasteiger partial charge in [0.1, 0.15) is 5.82 Å². The molecule has 0 spiro atoms. The minimum absolute atomic E-state index is 0.173. The molecule has 3 aromatic heterocycles. The van der Waals surface area contributed by atoms with Crippen molar-refractivity contribution in [2.24, 2.45) is 0 Å². The van der Waals surface area contributed by atoms with E-state index in [-0.39, 0.29) is 5.91 Å². The third kappa shape index (κ3) is 3.65. The summed E-state index contributed by atoms with van der Waals surface area (Å²) in [5, 5.41) is 7.32. The second-order valence-corrected chi connectivity index (χ2v) is 6.45. The molecule has 4 rings (SSSR count). The first-order valence-electron chi connectivity index (χ1n) is 8.65. The summed E-state index contributed by atoms with van der Waals surface area (Å²) in [6.45, 7) is 5.58. The zero-order valence-corrected chi connectivity index (χ0v) is 14.6. The van der Waals surface area contributed by atoms with Gasteiger partial charge in [-0.1, -0.05) is 6.07 Å². The Bertz CT molecular complexity index is 899. The first kappa shape index (κ1) is 16.5. The summed E-state index contributed by atoms with van der Waals surface area (Å²) >= 11 is 0. The fraction of sp³-hybridized carbons (Fsp3) is 0.333. The largest absolute Gasteiger partial charge is 0.345 e. The molecule has 134 valence electrons. The zero-order chi connectivity index (χ0) is 17.9. The molecular weight excluding hydrogens is 330 g/mol. The Kier molecular flexibility index (Phi) is 4.49. The number of hydrogen-bond donors (Lipinski definition) is 2. The number of imidazole rings is 1. The van der Waals surface area contributed by atoms with Crippen molar-refractivity contribution in [3.05, 3.63) is 65.3 Å². The van der Waals surface area contributed by atoms with E-state index in [1.54, 1.807) is 6.20 Å². The van der Waals surface area contributed by atoms with Gasteiger partial charge in [0.25, 0.3) is 5.91 Å². The Morgan fingerprint density at radius 3 is 3.00 bits per heavy atom. The Morgan fingerprint density at radius 2 is 2.23 bits per heavy atom. The molecule has 0 unspecified atom stereocenters. The van der Waals surface area contributed by atoms with Crippen molar-refractivity contribution in [2.75, 3.05) is 6.54 Å². The van der Waals surface area contributed by atoms with Gasteiger partial charge in [-0.3, -0.25) is 19.4 Å². The van der Waals surface area contributed by atoms with Crippen molar-refractivity contribution in [1.29, 1.82) is 0 Å². The third-order valence-electron chi connectivity index (χ3n) is 4.42. The first-order valence-corrected chi connectivity index (χ1v) is 8.65. The van der Waals surface area contributed by atoms with Crippen LogP contribution in [0.2, 0.25) is 0 Å². The van der Waals surface area contributed by atoms with Crippen molar-refractivity contribution < 1.29 is 4.79 Å². The first-order chi connectivity index (χ1) is 12.7. The van der Waals surface area contributed by atoms with Crippen molar-refractivity contribution >= 4 is 5.91 Å². The van der Waals surface area contributed by atoms with E-state index in [2.05, 4.69) is 30.3 Å². The van der Waals surface area contributed by atoms with E-state index in [9.17, 15) is 4.79 Å². The number of nitrogens with zero attached hydrogens (tertiary/aromatic N) is 5. The Labute approximate surface area is 151 Å². The summed E-state index contributed by atoms with van der Waals surface area (Å²) in [6.07, 6.45) is 3.59. The minimum atomic E-state index is -0.173. The maximum atomic E-state index is 12.4. The number of rotatable bonds is 5. The molecular formula is C18H21N7O. The Balaban J connectivity index is 1.38. The van der Waals surface area contributed by atoms with Gasteiger partial charge < -0.3 is 10.3 Å². The second-order valence-electron chi connectivity index (χ2n) is 6.45.